The number of hydrogen-bond donors (Lipinski definition) is 1. The highest BCUT2D eigenvalue weighted by Crippen LogP contribution is 2.21. The van der Waals surface area contributed by atoms with Crippen molar-refractivity contribution in [1.82, 2.24) is 19.5 Å². The molecule has 1 aromatic carbocycles. The molecule has 0 spiro atoms. The molecule has 0 radical (unpaired) electrons. The molecule has 1 aliphatic rings. The van der Waals surface area contributed by atoms with Crippen molar-refractivity contribution in [3.8, 4) is 11.4 Å². The number of amides is 1. The standard InChI is InChI=1S/C17H17N5O/c18-14-10-13(17(23)21-8-4-5-9-21)11-22-16(14)19-15(20-22)12-6-2-1-3-7-12/h1-3,6-7,10-11H,4-5,8-9,18H2. The predicted molar refractivity (Wildman–Crippen MR) is 88.0 cm³/mol. The van der Waals surface area contributed by atoms with E-state index in [1.54, 1.807) is 16.8 Å². The first-order chi connectivity index (χ1) is 11.2. The molecule has 1 saturated heterocycles. The fourth-order valence-electron chi connectivity index (χ4n) is 2.94. The minimum absolute atomic E-state index is 0.00728. The molecule has 1 fully saturated rings. The fourth-order valence-corrected chi connectivity index (χ4v) is 2.94. The Hall–Kier alpha value is -2.89. The van der Waals surface area contributed by atoms with E-state index in [2.05, 4.69) is 10.1 Å². The van der Waals surface area contributed by atoms with Gasteiger partial charge in [-0.15, -0.1) is 5.10 Å². The highest BCUT2D eigenvalue weighted by molar-refractivity contribution is 5.96. The van der Waals surface area contributed by atoms with Crippen LogP contribution in [-0.2, 0) is 0 Å². The fraction of sp³-hybridized carbons (Fsp3) is 0.235. The number of carbonyl (C=O) groups is 1. The van der Waals surface area contributed by atoms with Crippen LogP contribution in [-0.4, -0.2) is 38.5 Å². The van der Waals surface area contributed by atoms with Gasteiger partial charge in [-0.05, 0) is 18.9 Å². The molecule has 0 aliphatic carbocycles. The number of rotatable bonds is 2. The number of likely N-dealkylation sites (tertiary alicyclic amines) is 1. The molecule has 23 heavy (non-hydrogen) atoms. The number of pyridine rings is 1. The van der Waals surface area contributed by atoms with Crippen LogP contribution >= 0.6 is 0 Å². The lowest BCUT2D eigenvalue weighted by Crippen LogP contribution is -2.28. The molecular weight excluding hydrogens is 290 g/mol. The third-order valence-electron chi connectivity index (χ3n) is 4.13. The van der Waals surface area contributed by atoms with Crippen molar-refractivity contribution in [2.24, 2.45) is 0 Å². The molecule has 0 atom stereocenters. The average molecular weight is 307 g/mol. The average Bonchev–Trinajstić information content (AvgIpc) is 3.24. The smallest absolute Gasteiger partial charge is 0.255 e. The SMILES string of the molecule is Nc1cc(C(=O)N2CCCC2)cn2nc(-c3ccccc3)nc12. The highest BCUT2D eigenvalue weighted by Gasteiger charge is 2.21. The first-order valence-electron chi connectivity index (χ1n) is 7.73. The van der Waals surface area contributed by atoms with Gasteiger partial charge in [0.2, 0.25) is 0 Å². The van der Waals surface area contributed by atoms with Crippen LogP contribution in [0.4, 0.5) is 5.69 Å². The van der Waals surface area contributed by atoms with Gasteiger partial charge in [-0.3, -0.25) is 4.79 Å². The molecule has 3 heterocycles. The summed E-state index contributed by atoms with van der Waals surface area (Å²) in [4.78, 5) is 18.9. The maximum Gasteiger partial charge on any atom is 0.255 e. The Balaban J connectivity index is 1.76. The minimum atomic E-state index is 0.00728. The van der Waals surface area contributed by atoms with Gasteiger partial charge in [0.25, 0.3) is 5.91 Å². The Morgan fingerprint density at radius 3 is 2.61 bits per heavy atom. The number of hydrogen-bond acceptors (Lipinski definition) is 4. The van der Waals surface area contributed by atoms with Gasteiger partial charge in [-0.2, -0.15) is 0 Å². The number of aromatic nitrogens is 3. The minimum Gasteiger partial charge on any atom is -0.396 e. The van der Waals surface area contributed by atoms with Crippen LogP contribution in [0.5, 0.6) is 0 Å². The Morgan fingerprint density at radius 1 is 1.13 bits per heavy atom. The maximum atomic E-state index is 12.5. The van der Waals surface area contributed by atoms with Gasteiger partial charge in [-0.25, -0.2) is 9.50 Å². The van der Waals surface area contributed by atoms with Crippen LogP contribution < -0.4 is 5.73 Å². The van der Waals surface area contributed by atoms with Gasteiger partial charge < -0.3 is 10.6 Å². The second-order valence-electron chi connectivity index (χ2n) is 5.75. The van der Waals surface area contributed by atoms with Crippen molar-refractivity contribution >= 4 is 17.2 Å². The van der Waals surface area contributed by atoms with Gasteiger partial charge in [-0.1, -0.05) is 30.3 Å². The normalized spacial score (nSPS) is 14.5. The van der Waals surface area contributed by atoms with E-state index in [0.29, 0.717) is 22.7 Å². The van der Waals surface area contributed by atoms with E-state index in [9.17, 15) is 4.79 Å². The van der Waals surface area contributed by atoms with E-state index in [1.165, 1.54) is 0 Å². The van der Waals surface area contributed by atoms with E-state index < -0.39 is 0 Å². The van der Waals surface area contributed by atoms with Gasteiger partial charge in [0.05, 0.1) is 11.3 Å². The highest BCUT2D eigenvalue weighted by atomic mass is 16.2. The lowest BCUT2D eigenvalue weighted by Gasteiger charge is -2.15. The summed E-state index contributed by atoms with van der Waals surface area (Å²) < 4.78 is 1.60. The monoisotopic (exact) mass is 307 g/mol. The van der Waals surface area contributed by atoms with Crippen LogP contribution in [0.2, 0.25) is 0 Å². The summed E-state index contributed by atoms with van der Waals surface area (Å²) in [5, 5.41) is 4.47. The molecule has 6 heteroatoms. The first-order valence-corrected chi connectivity index (χ1v) is 7.73. The molecule has 6 nitrogen and oxygen atoms in total. The maximum absolute atomic E-state index is 12.5. The van der Waals surface area contributed by atoms with E-state index in [1.807, 2.05) is 35.2 Å². The third-order valence-corrected chi connectivity index (χ3v) is 4.13. The second kappa shape index (κ2) is 5.39. The zero-order valence-corrected chi connectivity index (χ0v) is 12.6. The number of fused-ring (bicyclic) bond motifs is 1. The van der Waals surface area contributed by atoms with Crippen molar-refractivity contribution in [2.75, 3.05) is 18.8 Å². The largest absolute Gasteiger partial charge is 0.396 e. The number of anilines is 1. The molecule has 2 N–H and O–H groups in total. The van der Waals surface area contributed by atoms with Crippen molar-refractivity contribution in [3.05, 3.63) is 48.2 Å². The van der Waals surface area contributed by atoms with E-state index in [0.717, 1.165) is 31.5 Å². The molecule has 0 unspecified atom stereocenters. The van der Waals surface area contributed by atoms with Gasteiger partial charge >= 0.3 is 0 Å². The number of nitrogens with zero attached hydrogens (tertiary/aromatic N) is 4. The van der Waals surface area contributed by atoms with Crippen LogP contribution in [0.15, 0.2) is 42.6 Å². The molecule has 3 aromatic rings. The van der Waals surface area contributed by atoms with Crippen molar-refractivity contribution in [2.45, 2.75) is 12.8 Å². The molecule has 4 rings (SSSR count). The lowest BCUT2D eigenvalue weighted by atomic mass is 10.2. The molecule has 116 valence electrons. The van der Waals surface area contributed by atoms with Gasteiger partial charge in [0.15, 0.2) is 11.5 Å². The van der Waals surface area contributed by atoms with Crippen molar-refractivity contribution < 1.29 is 4.79 Å². The summed E-state index contributed by atoms with van der Waals surface area (Å²) in [6, 6.07) is 11.4. The predicted octanol–water partition coefficient (Wildman–Crippen LogP) is 2.21. The van der Waals surface area contributed by atoms with Crippen LogP contribution in [0, 0.1) is 0 Å². The van der Waals surface area contributed by atoms with Crippen molar-refractivity contribution in [3.63, 3.8) is 0 Å². The van der Waals surface area contributed by atoms with E-state index in [4.69, 9.17) is 5.73 Å². The molecule has 0 saturated carbocycles. The number of nitrogen functional groups attached to an aromatic ring is 1. The summed E-state index contributed by atoms with van der Waals surface area (Å²) in [6.07, 6.45) is 3.84. The summed E-state index contributed by atoms with van der Waals surface area (Å²) in [6.45, 7) is 1.62. The third kappa shape index (κ3) is 2.42. The zero-order chi connectivity index (χ0) is 15.8. The van der Waals surface area contributed by atoms with Crippen LogP contribution in [0.3, 0.4) is 0 Å². The quantitative estimate of drug-likeness (QED) is 0.787. The lowest BCUT2D eigenvalue weighted by molar-refractivity contribution is 0.0792. The van der Waals surface area contributed by atoms with Crippen LogP contribution in [0.1, 0.15) is 23.2 Å². The topological polar surface area (TPSA) is 76.5 Å². The van der Waals surface area contributed by atoms with Crippen LogP contribution in [0.25, 0.3) is 17.0 Å². The van der Waals surface area contributed by atoms with Crippen molar-refractivity contribution in [1.29, 1.82) is 0 Å². The molecule has 0 bridgehead atoms. The first kappa shape index (κ1) is 13.8. The Bertz CT molecular complexity index is 865. The number of benzene rings is 1. The summed E-state index contributed by atoms with van der Waals surface area (Å²) >= 11 is 0. The van der Waals surface area contributed by atoms with E-state index >= 15 is 0 Å². The Labute approximate surface area is 133 Å². The molecule has 2 aromatic heterocycles. The number of nitrogens with two attached hydrogens (primary N) is 1. The Morgan fingerprint density at radius 2 is 1.87 bits per heavy atom. The van der Waals surface area contributed by atoms with Gasteiger partial charge in [0, 0.05) is 24.8 Å². The van der Waals surface area contributed by atoms with Gasteiger partial charge in [0.1, 0.15) is 0 Å². The Kier molecular flexibility index (Phi) is 3.22. The second-order valence-corrected chi connectivity index (χ2v) is 5.75. The summed E-state index contributed by atoms with van der Waals surface area (Å²) in [5.41, 5.74) is 8.60. The summed E-state index contributed by atoms with van der Waals surface area (Å²) in [7, 11) is 0. The molecule has 1 amide bonds. The molecular formula is C17H17N5O. The van der Waals surface area contributed by atoms with E-state index in [-0.39, 0.29) is 5.91 Å². The zero-order valence-electron chi connectivity index (χ0n) is 12.6. The molecule has 1 aliphatic heterocycles. The summed E-state index contributed by atoms with van der Waals surface area (Å²) in [5.74, 6) is 0.607. The number of carbonyl (C=O) groups excluding carboxylic acids is 1.